The summed E-state index contributed by atoms with van der Waals surface area (Å²) in [4.78, 5) is 12.3. The summed E-state index contributed by atoms with van der Waals surface area (Å²) < 4.78 is 16.3. The van der Waals surface area contributed by atoms with Crippen LogP contribution in [0.3, 0.4) is 0 Å². The van der Waals surface area contributed by atoms with Crippen molar-refractivity contribution in [1.29, 1.82) is 0 Å². The Hall–Kier alpha value is -3.00. The minimum atomic E-state index is -0.249. The zero-order chi connectivity index (χ0) is 21.3. The van der Waals surface area contributed by atoms with E-state index in [1.54, 1.807) is 20.4 Å². The second kappa shape index (κ2) is 10.7. The van der Waals surface area contributed by atoms with Gasteiger partial charge in [-0.3, -0.25) is 4.79 Å². The Labute approximate surface area is 180 Å². The molecule has 1 amide bonds. The number of benzene rings is 2. The second-order valence-electron chi connectivity index (χ2n) is 6.56. The third-order valence-corrected chi connectivity index (χ3v) is 5.41. The van der Waals surface area contributed by atoms with Gasteiger partial charge < -0.3 is 19.5 Å². The Morgan fingerprint density at radius 1 is 1.13 bits per heavy atom. The molecule has 2 aromatic rings. The predicted molar refractivity (Wildman–Crippen MR) is 120 cm³/mol. The molecule has 1 aliphatic rings. The van der Waals surface area contributed by atoms with Crippen LogP contribution >= 0.6 is 11.8 Å². The lowest BCUT2D eigenvalue weighted by atomic mass is 10.1. The van der Waals surface area contributed by atoms with Gasteiger partial charge in [-0.05, 0) is 54.3 Å². The lowest BCUT2D eigenvalue weighted by Gasteiger charge is -2.10. The van der Waals surface area contributed by atoms with Crippen molar-refractivity contribution in [3.63, 3.8) is 0 Å². The zero-order valence-electron chi connectivity index (χ0n) is 17.3. The number of hydrogen-bond acceptors (Lipinski definition) is 7. The normalized spacial score (nSPS) is 17.4. The van der Waals surface area contributed by atoms with Crippen molar-refractivity contribution in [1.82, 2.24) is 5.32 Å². The van der Waals surface area contributed by atoms with E-state index in [9.17, 15) is 4.79 Å². The number of nitrogens with zero attached hydrogens (tertiary/aromatic N) is 2. The van der Waals surface area contributed by atoms with Crippen molar-refractivity contribution in [3.05, 3.63) is 53.6 Å². The number of rotatable bonds is 9. The molecule has 0 bridgehead atoms. The molecule has 1 N–H and O–H groups in total. The number of methoxy groups -OCH3 is 2. The van der Waals surface area contributed by atoms with Crippen LogP contribution in [-0.2, 0) is 11.2 Å². The van der Waals surface area contributed by atoms with Crippen LogP contribution in [-0.4, -0.2) is 43.4 Å². The van der Waals surface area contributed by atoms with E-state index < -0.39 is 0 Å². The minimum absolute atomic E-state index is 0.0733. The van der Waals surface area contributed by atoms with Crippen molar-refractivity contribution in [3.8, 4) is 17.2 Å². The third-order valence-electron chi connectivity index (χ3n) is 4.34. The molecule has 3 rings (SSSR count). The molecule has 0 aromatic heterocycles. The van der Waals surface area contributed by atoms with Crippen molar-refractivity contribution in [2.45, 2.75) is 25.0 Å². The van der Waals surface area contributed by atoms with Gasteiger partial charge in [0.15, 0.2) is 16.7 Å². The molecule has 158 valence electrons. The van der Waals surface area contributed by atoms with E-state index in [1.807, 2.05) is 49.4 Å². The van der Waals surface area contributed by atoms with Crippen molar-refractivity contribution < 1.29 is 19.0 Å². The summed E-state index contributed by atoms with van der Waals surface area (Å²) in [6.45, 7) is 2.68. The molecule has 1 fully saturated rings. The average Bonchev–Trinajstić information content (AvgIpc) is 3.11. The molecule has 7 nitrogen and oxygen atoms in total. The number of amidine groups is 1. The van der Waals surface area contributed by atoms with Gasteiger partial charge in [-0.1, -0.05) is 30.8 Å². The van der Waals surface area contributed by atoms with Crippen LogP contribution < -0.4 is 19.5 Å². The molecular formula is C22H25N3O4S. The summed E-state index contributed by atoms with van der Waals surface area (Å²) >= 11 is 1.37. The molecule has 1 aliphatic heterocycles. The molecular weight excluding hydrogens is 402 g/mol. The van der Waals surface area contributed by atoms with Crippen molar-refractivity contribution in [2.75, 3.05) is 20.8 Å². The van der Waals surface area contributed by atoms with E-state index in [0.29, 0.717) is 29.7 Å². The monoisotopic (exact) mass is 427 g/mol. The number of carbonyl (C=O) groups is 1. The summed E-state index contributed by atoms with van der Waals surface area (Å²) in [5, 5.41) is 11.3. The first kappa shape index (κ1) is 21.7. The first-order chi connectivity index (χ1) is 14.6. The SMILES string of the molecule is CCCOc1ccc(/C=N\N=C2/NC(=O)[C@H](Cc3cccc(OC)c3)S2)cc1OC. The number of carbonyl (C=O) groups excluding carboxylic acids is 1. The lowest BCUT2D eigenvalue weighted by Crippen LogP contribution is -2.25. The molecule has 1 atom stereocenters. The summed E-state index contributed by atoms with van der Waals surface area (Å²) in [6.07, 6.45) is 3.13. The van der Waals surface area contributed by atoms with Gasteiger partial charge in [0.2, 0.25) is 5.91 Å². The molecule has 1 saturated heterocycles. The smallest absolute Gasteiger partial charge is 0.239 e. The topological polar surface area (TPSA) is 81.5 Å². The lowest BCUT2D eigenvalue weighted by molar-refractivity contribution is -0.118. The van der Waals surface area contributed by atoms with Gasteiger partial charge in [-0.25, -0.2) is 0 Å². The van der Waals surface area contributed by atoms with Gasteiger partial charge in [-0.2, -0.15) is 5.10 Å². The van der Waals surface area contributed by atoms with Crippen LogP contribution in [0.4, 0.5) is 0 Å². The quantitative estimate of drug-likeness (QED) is 0.488. The number of nitrogens with one attached hydrogen (secondary N) is 1. The molecule has 0 saturated carbocycles. The van der Waals surface area contributed by atoms with Crippen LogP contribution in [0.15, 0.2) is 52.7 Å². The zero-order valence-corrected chi connectivity index (χ0v) is 18.1. The maximum atomic E-state index is 12.3. The molecule has 1 heterocycles. The van der Waals surface area contributed by atoms with E-state index in [1.165, 1.54) is 11.8 Å². The molecule has 0 radical (unpaired) electrons. The van der Waals surface area contributed by atoms with Crippen LogP contribution in [0.25, 0.3) is 0 Å². The highest BCUT2D eigenvalue weighted by Gasteiger charge is 2.30. The third kappa shape index (κ3) is 5.76. The molecule has 30 heavy (non-hydrogen) atoms. The molecule has 8 heteroatoms. The van der Waals surface area contributed by atoms with Gasteiger partial charge >= 0.3 is 0 Å². The number of ether oxygens (including phenoxy) is 3. The van der Waals surface area contributed by atoms with Crippen LogP contribution in [0.1, 0.15) is 24.5 Å². The van der Waals surface area contributed by atoms with Gasteiger partial charge in [0.05, 0.1) is 32.3 Å². The fourth-order valence-corrected chi connectivity index (χ4v) is 3.81. The van der Waals surface area contributed by atoms with E-state index in [0.717, 1.165) is 23.3 Å². The second-order valence-corrected chi connectivity index (χ2v) is 7.75. The minimum Gasteiger partial charge on any atom is -0.497 e. The molecule has 2 aromatic carbocycles. The fraction of sp³-hybridized carbons (Fsp3) is 0.318. The van der Waals surface area contributed by atoms with Gasteiger partial charge in [0.25, 0.3) is 0 Å². The number of thioether (sulfide) groups is 1. The molecule has 0 aliphatic carbocycles. The maximum Gasteiger partial charge on any atom is 0.239 e. The highest BCUT2D eigenvalue weighted by Crippen LogP contribution is 2.28. The first-order valence-corrected chi connectivity index (χ1v) is 10.5. The highest BCUT2D eigenvalue weighted by atomic mass is 32.2. The summed E-state index contributed by atoms with van der Waals surface area (Å²) in [7, 11) is 3.22. The van der Waals surface area contributed by atoms with E-state index >= 15 is 0 Å². The van der Waals surface area contributed by atoms with Gasteiger partial charge in [0, 0.05) is 0 Å². The van der Waals surface area contributed by atoms with Crippen LogP contribution in [0.2, 0.25) is 0 Å². The summed E-state index contributed by atoms with van der Waals surface area (Å²) in [6, 6.07) is 13.3. The van der Waals surface area contributed by atoms with Crippen LogP contribution in [0, 0.1) is 0 Å². The van der Waals surface area contributed by atoms with E-state index in [4.69, 9.17) is 14.2 Å². The Morgan fingerprint density at radius 2 is 2.00 bits per heavy atom. The number of hydrogen-bond donors (Lipinski definition) is 1. The highest BCUT2D eigenvalue weighted by molar-refractivity contribution is 8.15. The maximum absolute atomic E-state index is 12.3. The Kier molecular flexibility index (Phi) is 7.73. The Bertz CT molecular complexity index is 946. The van der Waals surface area contributed by atoms with Crippen molar-refractivity contribution >= 4 is 29.1 Å². The van der Waals surface area contributed by atoms with Crippen molar-refractivity contribution in [2.24, 2.45) is 10.2 Å². The van der Waals surface area contributed by atoms with E-state index in [2.05, 4.69) is 15.5 Å². The van der Waals surface area contributed by atoms with Crippen LogP contribution in [0.5, 0.6) is 17.2 Å². The Morgan fingerprint density at radius 3 is 2.77 bits per heavy atom. The Balaban J connectivity index is 1.62. The van der Waals surface area contributed by atoms with Gasteiger partial charge in [0.1, 0.15) is 5.75 Å². The molecule has 0 spiro atoms. The standard InChI is InChI=1S/C22H25N3O4S/c1-4-10-29-18-9-8-16(12-19(18)28-3)14-23-25-22-24-21(26)20(30-22)13-15-6-5-7-17(11-15)27-2/h5-9,11-12,14,20H,4,10,13H2,1-3H3,(H,24,25,26)/b23-14-/t20-/m0/s1. The fourth-order valence-electron chi connectivity index (χ4n) is 2.84. The first-order valence-electron chi connectivity index (χ1n) is 9.65. The number of amides is 1. The van der Waals surface area contributed by atoms with Gasteiger partial charge in [-0.15, -0.1) is 5.10 Å². The largest absolute Gasteiger partial charge is 0.497 e. The average molecular weight is 428 g/mol. The molecule has 0 unspecified atom stereocenters. The summed E-state index contributed by atoms with van der Waals surface area (Å²) in [5.41, 5.74) is 1.85. The van der Waals surface area contributed by atoms with E-state index in [-0.39, 0.29) is 11.2 Å². The predicted octanol–water partition coefficient (Wildman–Crippen LogP) is 3.66. The summed E-state index contributed by atoms with van der Waals surface area (Å²) in [5.74, 6) is 2.04.